The largest absolute Gasteiger partial charge is 0.489 e. The summed E-state index contributed by atoms with van der Waals surface area (Å²) >= 11 is 12.2. The SMILES string of the molecule is Cc1nccc(-c2ccc(CC(NC(=O)C3Cc4cc5c(cc4CN3C(=O)C3CCN(C(=O)OC(C)(C)C)CC3)OC(c3ccc(OCc4ccc(Cl)c(Cl)c4)cc3)CO5)C(=O)O)cc2)c1C. The van der Waals surface area contributed by atoms with Gasteiger partial charge in [-0.2, -0.15) is 0 Å². The van der Waals surface area contributed by atoms with Gasteiger partial charge in [-0.1, -0.05) is 65.7 Å². The van der Waals surface area contributed by atoms with Crippen molar-refractivity contribution in [2.75, 3.05) is 19.7 Å². The van der Waals surface area contributed by atoms with Crippen molar-refractivity contribution in [3.05, 3.63) is 140 Å². The predicted octanol–water partition coefficient (Wildman–Crippen LogP) is 9.48. The number of carboxylic acid groups (broad SMARTS) is 1. The smallest absolute Gasteiger partial charge is 0.410 e. The lowest BCUT2D eigenvalue weighted by molar-refractivity contribution is -0.148. The summed E-state index contributed by atoms with van der Waals surface area (Å²) in [6, 6.07) is 23.9. The van der Waals surface area contributed by atoms with E-state index in [2.05, 4.69) is 10.3 Å². The summed E-state index contributed by atoms with van der Waals surface area (Å²) in [6.07, 6.45) is 1.81. The van der Waals surface area contributed by atoms with E-state index in [4.69, 9.17) is 42.1 Å². The topological polar surface area (TPSA) is 157 Å². The first-order chi connectivity index (χ1) is 32.0. The number of aliphatic carboxylic acids is 1. The van der Waals surface area contributed by atoms with E-state index in [-0.39, 0.29) is 31.9 Å². The molecular weight excluding hydrogens is 895 g/mol. The molecule has 3 amide bonds. The molecule has 8 rings (SSSR count). The number of likely N-dealkylation sites (tertiary alicyclic amines) is 1. The highest BCUT2D eigenvalue weighted by molar-refractivity contribution is 6.42. The van der Waals surface area contributed by atoms with E-state index in [0.29, 0.717) is 59.8 Å². The summed E-state index contributed by atoms with van der Waals surface area (Å²) in [5.41, 5.74) is 7.39. The molecule has 0 bridgehead atoms. The standard InChI is InChI=1S/C52H54Cl2N4O9/c1-30-31(2)55-19-16-40(30)34-9-6-32(7-10-34)23-43(50(61)62)56-48(59)44-24-37-25-45-46(26-38(37)27-58(44)49(60)36-17-20-57(21-18-36)51(63)67-52(3,4)5)66-47(29-65-45)35-11-13-39(14-12-35)64-28-33-8-15-41(53)42(54)22-33/h6-16,19,22,25-26,36,43-44,47H,17-18,20-21,23-24,27-29H2,1-5H3,(H,56,59)(H,61,62). The fourth-order valence-electron chi connectivity index (χ4n) is 8.70. The molecule has 4 aromatic carbocycles. The fourth-order valence-corrected chi connectivity index (χ4v) is 9.02. The molecule has 4 heterocycles. The average Bonchev–Trinajstić information content (AvgIpc) is 3.31. The van der Waals surface area contributed by atoms with Crippen molar-refractivity contribution in [1.82, 2.24) is 20.1 Å². The Kier molecular flexibility index (Phi) is 14.0. The lowest BCUT2D eigenvalue weighted by atomic mass is 9.89. The maximum atomic E-state index is 14.6. The molecule has 1 fully saturated rings. The molecule has 1 aromatic heterocycles. The van der Waals surface area contributed by atoms with Crippen LogP contribution >= 0.6 is 23.2 Å². The van der Waals surface area contributed by atoms with Crippen LogP contribution in [-0.4, -0.2) is 81.1 Å². The third-order valence-electron chi connectivity index (χ3n) is 12.6. The second kappa shape index (κ2) is 19.9. The van der Waals surface area contributed by atoms with Gasteiger partial charge >= 0.3 is 12.1 Å². The number of carbonyl (C=O) groups excluding carboxylic acids is 3. The number of amides is 3. The number of hydrogen-bond donors (Lipinski definition) is 2. The van der Waals surface area contributed by atoms with Crippen molar-refractivity contribution in [2.24, 2.45) is 5.92 Å². The third kappa shape index (κ3) is 11.1. The van der Waals surface area contributed by atoms with Crippen LogP contribution in [0.25, 0.3) is 11.1 Å². The molecule has 3 aliphatic rings. The van der Waals surface area contributed by atoms with Crippen LogP contribution in [-0.2, 0) is 45.1 Å². The minimum absolute atomic E-state index is 0.0322. The highest BCUT2D eigenvalue weighted by Crippen LogP contribution is 2.41. The second-order valence-electron chi connectivity index (χ2n) is 18.4. The predicted molar refractivity (Wildman–Crippen MR) is 254 cm³/mol. The van der Waals surface area contributed by atoms with E-state index < -0.39 is 47.7 Å². The Bertz CT molecular complexity index is 2660. The van der Waals surface area contributed by atoms with Gasteiger partial charge in [-0.15, -0.1) is 0 Å². The third-order valence-corrected chi connectivity index (χ3v) is 13.3. The number of carboxylic acids is 1. The van der Waals surface area contributed by atoms with E-state index in [9.17, 15) is 24.3 Å². The van der Waals surface area contributed by atoms with Gasteiger partial charge in [0.15, 0.2) is 17.6 Å². The highest BCUT2D eigenvalue weighted by Gasteiger charge is 2.41. The second-order valence-corrected chi connectivity index (χ2v) is 19.2. The van der Waals surface area contributed by atoms with Gasteiger partial charge in [-0.05, 0) is 134 Å². The zero-order valence-corrected chi connectivity index (χ0v) is 39.7. The average molecular weight is 950 g/mol. The number of ether oxygens (including phenoxy) is 4. The van der Waals surface area contributed by atoms with Crippen molar-refractivity contribution in [2.45, 2.75) is 97.2 Å². The minimum atomic E-state index is -1.26. The van der Waals surface area contributed by atoms with Crippen LogP contribution in [0, 0.1) is 19.8 Å². The number of rotatable bonds is 11. The number of halogens is 2. The van der Waals surface area contributed by atoms with Gasteiger partial charge in [0, 0.05) is 50.3 Å². The molecule has 1 saturated heterocycles. The first kappa shape index (κ1) is 47.2. The van der Waals surface area contributed by atoms with E-state index in [0.717, 1.165) is 50.2 Å². The molecule has 2 N–H and O–H groups in total. The molecule has 5 aromatic rings. The summed E-state index contributed by atoms with van der Waals surface area (Å²) in [4.78, 5) is 62.2. The molecule has 13 nitrogen and oxygen atoms in total. The number of aryl methyl sites for hydroxylation is 1. The van der Waals surface area contributed by atoms with Crippen molar-refractivity contribution < 1.29 is 43.2 Å². The summed E-state index contributed by atoms with van der Waals surface area (Å²) in [5.74, 6) is -0.813. The number of pyridine rings is 1. The Morgan fingerprint density at radius 2 is 1.58 bits per heavy atom. The maximum Gasteiger partial charge on any atom is 0.410 e. The van der Waals surface area contributed by atoms with Gasteiger partial charge < -0.3 is 39.2 Å². The zero-order chi connectivity index (χ0) is 47.6. The first-order valence-electron chi connectivity index (χ1n) is 22.4. The molecule has 0 spiro atoms. The van der Waals surface area contributed by atoms with E-state index in [1.54, 1.807) is 48.9 Å². The lowest BCUT2D eigenvalue weighted by Crippen LogP contribution is -2.57. The quantitative estimate of drug-likeness (QED) is 0.131. The normalized spacial score (nSPS) is 17.5. The molecule has 0 aliphatic carbocycles. The summed E-state index contributed by atoms with van der Waals surface area (Å²) in [5, 5.41) is 14.1. The molecule has 15 heteroatoms. The Balaban J connectivity index is 0.989. The van der Waals surface area contributed by atoms with Gasteiger partial charge in [0.2, 0.25) is 11.8 Å². The van der Waals surface area contributed by atoms with Crippen LogP contribution in [0.1, 0.15) is 78.8 Å². The van der Waals surface area contributed by atoms with Gasteiger partial charge in [0.25, 0.3) is 0 Å². The molecule has 0 saturated carbocycles. The Hall–Kier alpha value is -6.31. The number of hydrogen-bond acceptors (Lipinski definition) is 9. The summed E-state index contributed by atoms with van der Waals surface area (Å²) < 4.78 is 24.3. The number of benzene rings is 4. The molecular formula is C52H54Cl2N4O9. The van der Waals surface area contributed by atoms with E-state index >= 15 is 0 Å². The molecule has 0 radical (unpaired) electrons. The minimum Gasteiger partial charge on any atom is -0.489 e. The summed E-state index contributed by atoms with van der Waals surface area (Å²) in [6.45, 7) is 10.6. The van der Waals surface area contributed by atoms with Crippen molar-refractivity contribution in [1.29, 1.82) is 0 Å². The highest BCUT2D eigenvalue weighted by atomic mass is 35.5. The van der Waals surface area contributed by atoms with Crippen LogP contribution in [0.3, 0.4) is 0 Å². The van der Waals surface area contributed by atoms with E-state index in [1.807, 2.05) is 86.6 Å². The first-order valence-corrected chi connectivity index (χ1v) is 23.2. The van der Waals surface area contributed by atoms with Gasteiger partial charge in [-0.25, -0.2) is 9.59 Å². The van der Waals surface area contributed by atoms with Crippen LogP contribution in [0.15, 0.2) is 91.1 Å². The van der Waals surface area contributed by atoms with Gasteiger partial charge in [-0.3, -0.25) is 14.6 Å². The van der Waals surface area contributed by atoms with Crippen LogP contribution in [0.2, 0.25) is 10.0 Å². The van der Waals surface area contributed by atoms with Crippen LogP contribution in [0.5, 0.6) is 17.2 Å². The molecule has 3 unspecified atom stereocenters. The van der Waals surface area contributed by atoms with Gasteiger partial charge in [0.1, 0.15) is 36.6 Å². The van der Waals surface area contributed by atoms with Crippen LogP contribution < -0.4 is 19.5 Å². The Labute approximate surface area is 400 Å². The number of aromatic nitrogens is 1. The maximum absolute atomic E-state index is 14.6. The molecule has 3 aliphatic heterocycles. The Morgan fingerprint density at radius 3 is 2.27 bits per heavy atom. The zero-order valence-electron chi connectivity index (χ0n) is 38.1. The molecule has 67 heavy (non-hydrogen) atoms. The van der Waals surface area contributed by atoms with Crippen molar-refractivity contribution in [3.8, 4) is 28.4 Å². The number of carbonyl (C=O) groups is 4. The van der Waals surface area contributed by atoms with E-state index in [1.165, 1.54) is 0 Å². The number of nitrogens with zero attached hydrogens (tertiary/aromatic N) is 3. The van der Waals surface area contributed by atoms with Gasteiger partial charge in [0.05, 0.1) is 10.0 Å². The monoisotopic (exact) mass is 948 g/mol. The Morgan fingerprint density at radius 1 is 0.881 bits per heavy atom. The summed E-state index contributed by atoms with van der Waals surface area (Å²) in [7, 11) is 0. The van der Waals surface area contributed by atoms with Crippen molar-refractivity contribution >= 4 is 47.1 Å². The van der Waals surface area contributed by atoms with Crippen molar-refractivity contribution in [3.63, 3.8) is 0 Å². The lowest BCUT2D eigenvalue weighted by Gasteiger charge is -2.40. The van der Waals surface area contributed by atoms with Crippen LogP contribution in [0.4, 0.5) is 4.79 Å². The number of piperidine rings is 1. The number of fused-ring (bicyclic) bond motifs is 2. The molecule has 3 atom stereocenters. The number of nitrogens with one attached hydrogen (secondary N) is 1. The molecule has 350 valence electrons. The fraction of sp³-hybridized carbons (Fsp3) is 0.365.